The van der Waals surface area contributed by atoms with Crippen LogP contribution in [0.2, 0.25) is 10.0 Å². The molecule has 1 amide bonds. The van der Waals surface area contributed by atoms with Crippen LogP contribution in [0.1, 0.15) is 30.1 Å². The van der Waals surface area contributed by atoms with Crippen LogP contribution in [-0.4, -0.2) is 36.5 Å². The maximum atomic E-state index is 12.6. The van der Waals surface area contributed by atoms with E-state index in [-0.39, 0.29) is 11.9 Å². The molecule has 0 bridgehead atoms. The molecule has 1 aromatic rings. The van der Waals surface area contributed by atoms with Crippen LogP contribution < -0.4 is 5.32 Å². The lowest BCUT2D eigenvalue weighted by Crippen LogP contribution is -2.42. The van der Waals surface area contributed by atoms with Crippen LogP contribution in [0.15, 0.2) is 18.2 Å². The number of halogens is 2. The summed E-state index contributed by atoms with van der Waals surface area (Å²) in [5, 5.41) is 4.29. The van der Waals surface area contributed by atoms with Gasteiger partial charge in [-0.15, -0.1) is 0 Å². The second kappa shape index (κ2) is 6.60. The van der Waals surface area contributed by atoms with Crippen molar-refractivity contribution in [2.75, 3.05) is 19.6 Å². The van der Waals surface area contributed by atoms with Crippen molar-refractivity contribution in [2.24, 2.45) is 0 Å². The summed E-state index contributed by atoms with van der Waals surface area (Å²) in [7, 11) is 0. The Kier molecular flexibility index (Phi) is 5.08. The normalized spacial score (nSPS) is 18.6. The Morgan fingerprint density at radius 3 is 2.89 bits per heavy atom. The molecule has 2 rings (SSSR count). The fourth-order valence-corrected chi connectivity index (χ4v) is 2.78. The summed E-state index contributed by atoms with van der Waals surface area (Å²) in [5.41, 5.74) is 0.495. The number of hydrogen-bond acceptors (Lipinski definition) is 2. The summed E-state index contributed by atoms with van der Waals surface area (Å²) in [6.45, 7) is 4.63. The van der Waals surface area contributed by atoms with E-state index in [1.165, 1.54) is 0 Å². The molecular formula is C14H18Cl2N2O. The van der Waals surface area contributed by atoms with E-state index in [1.54, 1.807) is 18.2 Å². The summed E-state index contributed by atoms with van der Waals surface area (Å²) in [6.07, 6.45) is 1.92. The van der Waals surface area contributed by atoms with E-state index in [1.807, 2.05) is 4.90 Å². The Hall–Kier alpha value is -0.770. The van der Waals surface area contributed by atoms with Gasteiger partial charge in [0.15, 0.2) is 0 Å². The van der Waals surface area contributed by atoms with Gasteiger partial charge in [-0.1, -0.05) is 30.1 Å². The molecule has 1 saturated heterocycles. The van der Waals surface area contributed by atoms with Gasteiger partial charge in [-0.3, -0.25) is 4.79 Å². The number of carbonyl (C=O) groups excluding carboxylic acids is 1. The molecule has 1 unspecified atom stereocenters. The highest BCUT2D eigenvalue weighted by molar-refractivity contribution is 6.35. The molecule has 3 nitrogen and oxygen atoms in total. The van der Waals surface area contributed by atoms with Gasteiger partial charge in [-0.2, -0.15) is 0 Å². The predicted octanol–water partition coefficient (Wildman–Crippen LogP) is 3.21. The minimum Gasteiger partial charge on any atom is -0.334 e. The van der Waals surface area contributed by atoms with Gasteiger partial charge in [0.25, 0.3) is 5.91 Å². The molecule has 0 aromatic heterocycles. The van der Waals surface area contributed by atoms with Gasteiger partial charge in [-0.25, -0.2) is 0 Å². The lowest BCUT2D eigenvalue weighted by molar-refractivity contribution is 0.0692. The molecule has 1 fully saturated rings. The van der Waals surface area contributed by atoms with E-state index in [4.69, 9.17) is 23.2 Å². The van der Waals surface area contributed by atoms with Gasteiger partial charge in [0, 0.05) is 24.2 Å². The first kappa shape index (κ1) is 14.6. The maximum absolute atomic E-state index is 12.6. The Labute approximate surface area is 123 Å². The number of nitrogens with one attached hydrogen (secondary N) is 1. The minimum atomic E-state index is -0.0250. The van der Waals surface area contributed by atoms with Gasteiger partial charge >= 0.3 is 0 Å². The van der Waals surface area contributed by atoms with Gasteiger partial charge in [0.05, 0.1) is 10.6 Å². The second-order valence-corrected chi connectivity index (χ2v) is 5.61. The van der Waals surface area contributed by atoms with Gasteiger partial charge in [0.1, 0.15) is 0 Å². The molecule has 0 aliphatic carbocycles. The van der Waals surface area contributed by atoms with Crippen molar-refractivity contribution in [1.29, 1.82) is 0 Å². The summed E-state index contributed by atoms with van der Waals surface area (Å²) in [5.74, 6) is -0.0250. The zero-order valence-electron chi connectivity index (χ0n) is 11.0. The van der Waals surface area contributed by atoms with E-state index in [2.05, 4.69) is 12.2 Å². The van der Waals surface area contributed by atoms with Crippen LogP contribution in [0.25, 0.3) is 0 Å². The number of carbonyl (C=O) groups is 1. The Balaban J connectivity index is 2.25. The average Bonchev–Trinajstić information content (AvgIpc) is 2.92. The molecule has 104 valence electrons. The zero-order chi connectivity index (χ0) is 13.8. The first-order valence-corrected chi connectivity index (χ1v) is 7.35. The standard InChI is InChI=1S/C14H18Cl2N2O/c1-2-7-18(11-5-6-17-9-11)14(19)12-8-10(15)3-4-13(12)16/h3-4,8,11,17H,2,5-7,9H2,1H3. The summed E-state index contributed by atoms with van der Waals surface area (Å²) in [6, 6.07) is 5.27. The summed E-state index contributed by atoms with van der Waals surface area (Å²) >= 11 is 12.1. The molecule has 5 heteroatoms. The van der Waals surface area contributed by atoms with Crippen LogP contribution in [-0.2, 0) is 0 Å². The number of nitrogens with zero attached hydrogens (tertiary/aromatic N) is 1. The number of benzene rings is 1. The Morgan fingerprint density at radius 1 is 1.47 bits per heavy atom. The monoisotopic (exact) mass is 300 g/mol. The molecule has 19 heavy (non-hydrogen) atoms. The predicted molar refractivity (Wildman–Crippen MR) is 79.1 cm³/mol. The van der Waals surface area contributed by atoms with E-state index in [0.29, 0.717) is 15.6 Å². The van der Waals surface area contributed by atoms with E-state index in [0.717, 1.165) is 32.5 Å². The van der Waals surface area contributed by atoms with E-state index >= 15 is 0 Å². The van der Waals surface area contributed by atoms with Gasteiger partial charge in [-0.05, 0) is 37.6 Å². The zero-order valence-corrected chi connectivity index (χ0v) is 12.5. The highest BCUT2D eigenvalue weighted by atomic mass is 35.5. The molecule has 1 aliphatic rings. The molecular weight excluding hydrogens is 283 g/mol. The number of amides is 1. The molecule has 1 atom stereocenters. The topological polar surface area (TPSA) is 32.3 Å². The molecule has 1 heterocycles. The summed E-state index contributed by atoms with van der Waals surface area (Å²) in [4.78, 5) is 14.6. The first-order valence-electron chi connectivity index (χ1n) is 6.60. The van der Waals surface area contributed by atoms with E-state index < -0.39 is 0 Å². The van der Waals surface area contributed by atoms with Crippen molar-refractivity contribution < 1.29 is 4.79 Å². The quantitative estimate of drug-likeness (QED) is 0.926. The average molecular weight is 301 g/mol. The summed E-state index contributed by atoms with van der Waals surface area (Å²) < 4.78 is 0. The van der Waals surface area contributed by atoms with E-state index in [9.17, 15) is 4.79 Å². The Morgan fingerprint density at radius 2 is 2.26 bits per heavy atom. The largest absolute Gasteiger partial charge is 0.334 e. The number of rotatable bonds is 4. The van der Waals surface area contributed by atoms with Crippen molar-refractivity contribution in [3.05, 3.63) is 33.8 Å². The SMILES string of the molecule is CCCN(C(=O)c1cc(Cl)ccc1Cl)C1CCNC1. The van der Waals surface area contributed by atoms with Crippen molar-refractivity contribution in [3.63, 3.8) is 0 Å². The van der Waals surface area contributed by atoms with Crippen LogP contribution in [0.5, 0.6) is 0 Å². The fraction of sp³-hybridized carbons (Fsp3) is 0.500. The highest BCUT2D eigenvalue weighted by Crippen LogP contribution is 2.24. The molecule has 0 radical (unpaired) electrons. The smallest absolute Gasteiger partial charge is 0.255 e. The molecule has 1 aromatic carbocycles. The van der Waals surface area contributed by atoms with Crippen LogP contribution in [0, 0.1) is 0 Å². The minimum absolute atomic E-state index is 0.0250. The van der Waals surface area contributed by atoms with Crippen molar-refractivity contribution in [1.82, 2.24) is 10.2 Å². The lowest BCUT2D eigenvalue weighted by Gasteiger charge is -2.28. The molecule has 1 aliphatic heterocycles. The van der Waals surface area contributed by atoms with Gasteiger partial charge < -0.3 is 10.2 Å². The second-order valence-electron chi connectivity index (χ2n) is 4.77. The molecule has 0 saturated carbocycles. The first-order chi connectivity index (χ1) is 9.13. The third-order valence-electron chi connectivity index (χ3n) is 3.36. The molecule has 0 spiro atoms. The fourth-order valence-electron chi connectivity index (χ4n) is 2.41. The number of hydrogen-bond donors (Lipinski definition) is 1. The van der Waals surface area contributed by atoms with Crippen molar-refractivity contribution in [3.8, 4) is 0 Å². The lowest BCUT2D eigenvalue weighted by atomic mass is 10.1. The Bertz CT molecular complexity index is 459. The molecule has 1 N–H and O–H groups in total. The van der Waals surface area contributed by atoms with Gasteiger partial charge in [0.2, 0.25) is 0 Å². The third-order valence-corrected chi connectivity index (χ3v) is 3.92. The maximum Gasteiger partial charge on any atom is 0.255 e. The van der Waals surface area contributed by atoms with Crippen LogP contribution >= 0.6 is 23.2 Å². The van der Waals surface area contributed by atoms with Crippen LogP contribution in [0.3, 0.4) is 0 Å². The highest BCUT2D eigenvalue weighted by Gasteiger charge is 2.27. The van der Waals surface area contributed by atoms with Crippen molar-refractivity contribution in [2.45, 2.75) is 25.8 Å². The van der Waals surface area contributed by atoms with Crippen molar-refractivity contribution >= 4 is 29.1 Å². The third kappa shape index (κ3) is 3.41. The van der Waals surface area contributed by atoms with Crippen LogP contribution in [0.4, 0.5) is 0 Å².